The van der Waals surface area contributed by atoms with Crippen molar-refractivity contribution in [1.82, 2.24) is 10.3 Å². The summed E-state index contributed by atoms with van der Waals surface area (Å²) < 4.78 is 63.1. The van der Waals surface area contributed by atoms with Gasteiger partial charge in [-0.05, 0) is 48.0 Å². The minimum Gasteiger partial charge on any atom is -0.413 e. The number of pyridine rings is 1. The molecular formula is C22H28F4N2O2Si. The second-order valence-electron chi connectivity index (χ2n) is 9.03. The highest BCUT2D eigenvalue weighted by molar-refractivity contribution is 6.74. The monoisotopic (exact) mass is 456 g/mol. The summed E-state index contributed by atoms with van der Waals surface area (Å²) in [6.45, 7) is 11.9. The number of rotatable bonds is 7. The molecule has 1 atom stereocenters. The van der Waals surface area contributed by atoms with Crippen LogP contribution in [0.4, 0.5) is 17.6 Å². The van der Waals surface area contributed by atoms with Crippen LogP contribution in [0.3, 0.4) is 0 Å². The zero-order valence-electron chi connectivity index (χ0n) is 18.5. The topological polar surface area (TPSA) is 51.2 Å². The van der Waals surface area contributed by atoms with Gasteiger partial charge in [0.05, 0.1) is 12.3 Å². The van der Waals surface area contributed by atoms with E-state index >= 15 is 8.78 Å². The fraction of sp³-hybridized carbons (Fsp3) is 0.455. The van der Waals surface area contributed by atoms with Crippen LogP contribution in [0.25, 0.3) is 0 Å². The minimum absolute atomic E-state index is 0.0172. The summed E-state index contributed by atoms with van der Waals surface area (Å²) in [4.78, 5) is 15.7. The number of carbonyl (C=O) groups is 1. The first kappa shape index (κ1) is 25.0. The number of hydrogen-bond acceptors (Lipinski definition) is 3. The van der Waals surface area contributed by atoms with Crippen molar-refractivity contribution in [1.29, 1.82) is 0 Å². The van der Waals surface area contributed by atoms with Crippen molar-refractivity contribution >= 4 is 14.2 Å². The molecule has 9 heteroatoms. The van der Waals surface area contributed by atoms with Gasteiger partial charge in [-0.1, -0.05) is 26.8 Å². The van der Waals surface area contributed by atoms with Crippen LogP contribution in [0.1, 0.15) is 50.6 Å². The number of nitrogens with zero attached hydrogens (tertiary/aromatic N) is 1. The Balaban J connectivity index is 2.30. The number of amides is 1. The first-order valence-corrected chi connectivity index (χ1v) is 12.7. The van der Waals surface area contributed by atoms with Gasteiger partial charge in [-0.3, -0.25) is 9.78 Å². The van der Waals surface area contributed by atoms with Crippen molar-refractivity contribution in [2.24, 2.45) is 0 Å². The van der Waals surface area contributed by atoms with E-state index in [1.165, 1.54) is 12.3 Å². The Kier molecular flexibility index (Phi) is 7.32. The summed E-state index contributed by atoms with van der Waals surface area (Å²) in [6.07, 6.45) is 1.42. The highest BCUT2D eigenvalue weighted by Gasteiger charge is 2.44. The Bertz CT molecular complexity index is 928. The van der Waals surface area contributed by atoms with E-state index in [1.807, 2.05) is 0 Å². The molecular weight excluding hydrogens is 428 g/mol. The SMILES string of the molecule is CC(=O)NC(c1ccc(CO[Si](C)(C)C(C)(C)C)cn1)C(F)(F)c1ccc(F)c(F)c1. The molecule has 31 heavy (non-hydrogen) atoms. The van der Waals surface area contributed by atoms with Gasteiger partial charge in [0.2, 0.25) is 5.91 Å². The van der Waals surface area contributed by atoms with E-state index in [4.69, 9.17) is 4.43 Å². The molecule has 0 saturated carbocycles. The number of alkyl halides is 2. The van der Waals surface area contributed by atoms with Crippen LogP contribution in [0.5, 0.6) is 0 Å². The van der Waals surface area contributed by atoms with E-state index in [9.17, 15) is 13.6 Å². The van der Waals surface area contributed by atoms with E-state index in [2.05, 4.69) is 44.2 Å². The molecule has 0 bridgehead atoms. The van der Waals surface area contributed by atoms with Crippen molar-refractivity contribution in [3.8, 4) is 0 Å². The highest BCUT2D eigenvalue weighted by Crippen LogP contribution is 2.41. The molecule has 2 aromatic rings. The average molecular weight is 457 g/mol. The quantitative estimate of drug-likeness (QED) is 0.420. The summed E-state index contributed by atoms with van der Waals surface area (Å²) in [7, 11) is -2.00. The van der Waals surface area contributed by atoms with Gasteiger partial charge in [0.15, 0.2) is 20.0 Å². The highest BCUT2D eigenvalue weighted by atomic mass is 28.4. The summed E-state index contributed by atoms with van der Waals surface area (Å²) in [6, 6.07) is 2.95. The maximum Gasteiger partial charge on any atom is 0.298 e. The third-order valence-electron chi connectivity index (χ3n) is 5.56. The van der Waals surface area contributed by atoms with Crippen LogP contribution in [0.15, 0.2) is 36.5 Å². The van der Waals surface area contributed by atoms with Crippen LogP contribution in [-0.4, -0.2) is 19.2 Å². The van der Waals surface area contributed by atoms with Gasteiger partial charge < -0.3 is 9.74 Å². The Morgan fingerprint density at radius 3 is 2.26 bits per heavy atom. The molecule has 0 fully saturated rings. The lowest BCUT2D eigenvalue weighted by molar-refractivity contribution is -0.124. The Labute approximate surface area is 181 Å². The predicted molar refractivity (Wildman–Crippen MR) is 113 cm³/mol. The Morgan fingerprint density at radius 1 is 1.13 bits per heavy atom. The fourth-order valence-electron chi connectivity index (χ4n) is 2.60. The molecule has 0 aliphatic heterocycles. The second kappa shape index (κ2) is 9.08. The Hall–Kier alpha value is -2.26. The number of benzene rings is 1. The van der Waals surface area contributed by atoms with E-state index in [1.54, 1.807) is 6.07 Å². The maximum atomic E-state index is 15.2. The summed E-state index contributed by atoms with van der Waals surface area (Å²) in [5.74, 6) is -7.07. The van der Waals surface area contributed by atoms with Gasteiger partial charge in [0.25, 0.3) is 5.92 Å². The second-order valence-corrected chi connectivity index (χ2v) is 13.8. The standard InChI is InChI=1S/C22H28F4N2O2Si/c1-14(29)28-20(22(25,26)16-8-9-17(23)18(24)11-16)19-10-7-15(12-27-19)13-30-31(5,6)21(2,3)4/h7-12,20H,13H2,1-6H3,(H,28,29). The molecule has 1 aromatic heterocycles. The third-order valence-corrected chi connectivity index (χ3v) is 10.0. The van der Waals surface area contributed by atoms with Crippen molar-refractivity contribution in [3.63, 3.8) is 0 Å². The molecule has 0 aliphatic rings. The molecule has 1 heterocycles. The summed E-state index contributed by atoms with van der Waals surface area (Å²) in [5.41, 5.74) is -0.176. The summed E-state index contributed by atoms with van der Waals surface area (Å²) >= 11 is 0. The average Bonchev–Trinajstić information content (AvgIpc) is 2.66. The van der Waals surface area contributed by atoms with Gasteiger partial charge in [0, 0.05) is 18.7 Å². The molecule has 2 rings (SSSR count). The number of hydrogen-bond donors (Lipinski definition) is 1. The molecule has 0 aliphatic carbocycles. The molecule has 0 saturated heterocycles. The number of halogens is 4. The molecule has 4 nitrogen and oxygen atoms in total. The Morgan fingerprint density at radius 2 is 1.77 bits per heavy atom. The number of aromatic nitrogens is 1. The smallest absolute Gasteiger partial charge is 0.298 e. The lowest BCUT2D eigenvalue weighted by atomic mass is 9.97. The molecule has 1 N–H and O–H groups in total. The predicted octanol–water partition coefficient (Wildman–Crippen LogP) is 5.85. The van der Waals surface area contributed by atoms with Gasteiger partial charge in [-0.25, -0.2) is 8.78 Å². The zero-order chi connectivity index (χ0) is 23.6. The first-order chi connectivity index (χ1) is 14.1. The molecule has 1 amide bonds. The molecule has 1 unspecified atom stereocenters. The number of nitrogens with one attached hydrogen (secondary N) is 1. The van der Waals surface area contributed by atoms with Crippen LogP contribution in [-0.2, 0) is 21.7 Å². The van der Waals surface area contributed by atoms with Crippen LogP contribution in [0.2, 0.25) is 18.1 Å². The largest absolute Gasteiger partial charge is 0.413 e. The van der Waals surface area contributed by atoms with Crippen LogP contribution < -0.4 is 5.32 Å². The van der Waals surface area contributed by atoms with Crippen LogP contribution in [0, 0.1) is 11.6 Å². The number of carbonyl (C=O) groups excluding carboxylic acids is 1. The van der Waals surface area contributed by atoms with E-state index in [0.29, 0.717) is 17.7 Å². The summed E-state index contributed by atoms with van der Waals surface area (Å²) in [5, 5.41) is 2.19. The van der Waals surface area contributed by atoms with Gasteiger partial charge >= 0.3 is 0 Å². The molecule has 170 valence electrons. The van der Waals surface area contributed by atoms with Crippen LogP contribution >= 0.6 is 0 Å². The maximum absolute atomic E-state index is 15.2. The minimum atomic E-state index is -3.73. The lowest BCUT2D eigenvalue weighted by Crippen LogP contribution is -2.40. The van der Waals surface area contributed by atoms with Gasteiger partial charge in [-0.2, -0.15) is 8.78 Å². The van der Waals surface area contributed by atoms with E-state index in [-0.39, 0.29) is 17.3 Å². The fourth-order valence-corrected chi connectivity index (χ4v) is 3.56. The zero-order valence-corrected chi connectivity index (χ0v) is 19.5. The van der Waals surface area contributed by atoms with E-state index in [0.717, 1.165) is 13.0 Å². The molecule has 0 radical (unpaired) electrons. The molecule has 0 spiro atoms. The first-order valence-electron chi connectivity index (χ1n) is 9.84. The van der Waals surface area contributed by atoms with E-state index < -0.39 is 43.4 Å². The van der Waals surface area contributed by atoms with Gasteiger partial charge in [-0.15, -0.1) is 0 Å². The van der Waals surface area contributed by atoms with Gasteiger partial charge in [0.1, 0.15) is 6.04 Å². The third kappa shape index (κ3) is 5.91. The lowest BCUT2D eigenvalue weighted by Gasteiger charge is -2.36. The normalized spacial score (nSPS) is 13.7. The van der Waals surface area contributed by atoms with Crippen molar-refractivity contribution in [2.45, 2.75) is 64.4 Å². The van der Waals surface area contributed by atoms with Crippen molar-refractivity contribution in [3.05, 3.63) is 65.0 Å². The van der Waals surface area contributed by atoms with Crippen molar-refractivity contribution in [2.75, 3.05) is 0 Å². The molecule has 1 aromatic carbocycles. The van der Waals surface area contributed by atoms with Crippen molar-refractivity contribution < 1.29 is 26.8 Å².